The van der Waals surface area contributed by atoms with Crippen molar-refractivity contribution < 1.29 is 0 Å². The highest BCUT2D eigenvalue weighted by Gasteiger charge is 2.23. The highest BCUT2D eigenvalue weighted by Crippen LogP contribution is 2.35. The van der Waals surface area contributed by atoms with Crippen LogP contribution in [0.3, 0.4) is 0 Å². The molecule has 4 heteroatoms. The molecule has 0 aliphatic carbocycles. The minimum Gasteiger partial charge on any atom is -0.383 e. The molecule has 0 saturated carbocycles. The van der Waals surface area contributed by atoms with E-state index in [1.165, 1.54) is 17.7 Å². The average Bonchev–Trinajstić information content (AvgIpc) is 3.00. The summed E-state index contributed by atoms with van der Waals surface area (Å²) < 4.78 is 2.20. The molecule has 110 valence electrons. The van der Waals surface area contributed by atoms with Crippen LogP contribution in [0.15, 0.2) is 18.2 Å². The first-order valence-corrected chi connectivity index (χ1v) is 7.83. The van der Waals surface area contributed by atoms with Crippen molar-refractivity contribution in [2.75, 3.05) is 24.2 Å². The minimum absolute atomic E-state index is 0.709. The first-order chi connectivity index (χ1) is 10.1. The topological polar surface area (TPSA) is 47.1 Å². The number of rotatable bonds is 1. The predicted octanol–water partition coefficient (Wildman–Crippen LogP) is 2.71. The van der Waals surface area contributed by atoms with Crippen molar-refractivity contribution in [2.45, 2.75) is 32.7 Å². The van der Waals surface area contributed by atoms with Crippen molar-refractivity contribution in [3.63, 3.8) is 0 Å². The van der Waals surface area contributed by atoms with Crippen LogP contribution in [0.1, 0.15) is 24.7 Å². The van der Waals surface area contributed by atoms with Crippen LogP contribution < -0.4 is 10.6 Å². The van der Waals surface area contributed by atoms with E-state index in [1.807, 2.05) is 0 Å². The van der Waals surface area contributed by atoms with Gasteiger partial charge in [0.2, 0.25) is 0 Å². The fraction of sp³-hybridized carbons (Fsp3) is 0.471. The average molecular weight is 282 g/mol. The Morgan fingerprint density at radius 2 is 2.14 bits per heavy atom. The van der Waals surface area contributed by atoms with Crippen molar-refractivity contribution in [1.29, 1.82) is 0 Å². The Kier molecular flexibility index (Phi) is 2.74. The molecule has 2 N–H and O–H groups in total. The number of anilines is 2. The molecule has 4 rings (SSSR count). The van der Waals surface area contributed by atoms with Gasteiger partial charge >= 0.3 is 0 Å². The lowest BCUT2D eigenvalue weighted by molar-refractivity contribution is 0.412. The summed E-state index contributed by atoms with van der Waals surface area (Å²) in [5.41, 5.74) is 11.2. The Balaban J connectivity index is 1.78. The highest BCUT2D eigenvalue weighted by molar-refractivity contribution is 5.75. The maximum Gasteiger partial charge on any atom is 0.131 e. The highest BCUT2D eigenvalue weighted by atomic mass is 15.2. The number of fused-ring (bicyclic) bond motifs is 2. The predicted molar refractivity (Wildman–Crippen MR) is 86.5 cm³/mol. The lowest BCUT2D eigenvalue weighted by atomic mass is 10.0. The van der Waals surface area contributed by atoms with Crippen LogP contribution in [0.2, 0.25) is 0 Å². The van der Waals surface area contributed by atoms with E-state index in [2.05, 4.69) is 41.6 Å². The maximum atomic E-state index is 6.36. The molecule has 0 bridgehead atoms. The van der Waals surface area contributed by atoms with Gasteiger partial charge in [0, 0.05) is 37.8 Å². The summed E-state index contributed by atoms with van der Waals surface area (Å²) in [7, 11) is 2.15. The van der Waals surface area contributed by atoms with Gasteiger partial charge in [-0.2, -0.15) is 0 Å². The number of imidazole rings is 1. The number of aromatic nitrogens is 2. The molecular formula is C17H22N4. The van der Waals surface area contributed by atoms with E-state index in [4.69, 9.17) is 10.7 Å². The summed E-state index contributed by atoms with van der Waals surface area (Å²) in [6.07, 6.45) is 3.35. The summed E-state index contributed by atoms with van der Waals surface area (Å²) in [6, 6.07) is 6.64. The van der Waals surface area contributed by atoms with Crippen LogP contribution in [0.4, 0.5) is 11.5 Å². The molecule has 0 fully saturated rings. The Labute approximate surface area is 125 Å². The zero-order valence-electron chi connectivity index (χ0n) is 12.8. The van der Waals surface area contributed by atoms with E-state index in [0.29, 0.717) is 5.92 Å². The van der Waals surface area contributed by atoms with Crippen LogP contribution >= 0.6 is 0 Å². The zero-order valence-corrected chi connectivity index (χ0v) is 12.8. The summed E-state index contributed by atoms with van der Waals surface area (Å²) in [4.78, 5) is 7.15. The molecule has 2 aromatic rings. The standard InChI is InChI=1S/C17H22N4/c1-11-5-8-21-15(9-11)19-16(17(21)18)13-3-4-14-12(10-13)6-7-20(14)2/h3-4,10-11H,5-9,18H2,1-2H3. The number of nitrogens with two attached hydrogens (primary N) is 1. The summed E-state index contributed by atoms with van der Waals surface area (Å²) >= 11 is 0. The Morgan fingerprint density at radius 1 is 1.29 bits per heavy atom. The largest absolute Gasteiger partial charge is 0.383 e. The van der Waals surface area contributed by atoms with Crippen LogP contribution in [0, 0.1) is 5.92 Å². The van der Waals surface area contributed by atoms with Crippen LogP contribution in [0.5, 0.6) is 0 Å². The van der Waals surface area contributed by atoms with Crippen LogP contribution in [-0.2, 0) is 19.4 Å². The Hall–Kier alpha value is -1.97. The number of likely N-dealkylation sites (N-methyl/N-ethyl adjacent to an activating group) is 1. The molecular weight excluding hydrogens is 260 g/mol. The molecule has 2 aliphatic rings. The zero-order chi connectivity index (χ0) is 14.6. The van der Waals surface area contributed by atoms with Crippen molar-refractivity contribution in [1.82, 2.24) is 9.55 Å². The molecule has 4 nitrogen and oxygen atoms in total. The van der Waals surface area contributed by atoms with Gasteiger partial charge in [-0.15, -0.1) is 0 Å². The molecule has 21 heavy (non-hydrogen) atoms. The maximum absolute atomic E-state index is 6.36. The second-order valence-corrected chi connectivity index (χ2v) is 6.53. The SMILES string of the molecule is CC1CCn2c(nc(-c3ccc4c(c3)CCN4C)c2N)C1. The van der Waals surface area contributed by atoms with Gasteiger partial charge in [-0.1, -0.05) is 13.0 Å². The molecule has 0 radical (unpaired) electrons. The Bertz CT molecular complexity index is 701. The third-order valence-corrected chi connectivity index (χ3v) is 4.94. The molecule has 1 unspecified atom stereocenters. The monoisotopic (exact) mass is 282 g/mol. The van der Waals surface area contributed by atoms with E-state index in [-0.39, 0.29) is 0 Å². The van der Waals surface area contributed by atoms with Gasteiger partial charge in [0.15, 0.2) is 0 Å². The van der Waals surface area contributed by atoms with Gasteiger partial charge in [0.05, 0.1) is 0 Å². The van der Waals surface area contributed by atoms with Crippen molar-refractivity contribution >= 4 is 11.5 Å². The normalized spacial score (nSPS) is 20.5. The molecule has 1 aromatic heterocycles. The third-order valence-electron chi connectivity index (χ3n) is 4.94. The number of hydrogen-bond donors (Lipinski definition) is 1. The first-order valence-electron chi connectivity index (χ1n) is 7.83. The molecule has 0 saturated heterocycles. The number of nitrogens with zero attached hydrogens (tertiary/aromatic N) is 3. The Morgan fingerprint density at radius 3 is 3.00 bits per heavy atom. The van der Waals surface area contributed by atoms with E-state index in [1.54, 1.807) is 0 Å². The molecule has 1 aromatic carbocycles. The second-order valence-electron chi connectivity index (χ2n) is 6.53. The van der Waals surface area contributed by atoms with Gasteiger partial charge in [-0.25, -0.2) is 4.98 Å². The van der Waals surface area contributed by atoms with Gasteiger partial charge in [0.1, 0.15) is 17.3 Å². The minimum atomic E-state index is 0.709. The third kappa shape index (κ3) is 1.93. The quantitative estimate of drug-likeness (QED) is 0.875. The fourth-order valence-electron chi connectivity index (χ4n) is 3.61. The molecule has 2 aliphatic heterocycles. The van der Waals surface area contributed by atoms with Crippen LogP contribution in [-0.4, -0.2) is 23.1 Å². The van der Waals surface area contributed by atoms with Gasteiger partial charge < -0.3 is 15.2 Å². The lowest BCUT2D eigenvalue weighted by Gasteiger charge is -2.20. The number of benzene rings is 1. The number of nitrogen functional groups attached to an aromatic ring is 1. The van der Waals surface area contributed by atoms with E-state index >= 15 is 0 Å². The lowest BCUT2D eigenvalue weighted by Crippen LogP contribution is -2.18. The smallest absolute Gasteiger partial charge is 0.131 e. The van der Waals surface area contributed by atoms with Gasteiger partial charge in [-0.05, 0) is 36.5 Å². The molecule has 1 atom stereocenters. The van der Waals surface area contributed by atoms with Crippen LogP contribution in [0.25, 0.3) is 11.3 Å². The fourth-order valence-corrected chi connectivity index (χ4v) is 3.61. The number of hydrogen-bond acceptors (Lipinski definition) is 3. The van der Waals surface area contributed by atoms with E-state index in [0.717, 1.165) is 48.8 Å². The second kappa shape index (κ2) is 4.52. The van der Waals surface area contributed by atoms with Gasteiger partial charge in [-0.3, -0.25) is 0 Å². The van der Waals surface area contributed by atoms with Crippen molar-refractivity contribution in [2.24, 2.45) is 5.92 Å². The first kappa shape index (κ1) is 12.7. The van der Waals surface area contributed by atoms with Gasteiger partial charge in [0.25, 0.3) is 0 Å². The summed E-state index contributed by atoms with van der Waals surface area (Å²) in [5, 5.41) is 0. The molecule has 0 spiro atoms. The van der Waals surface area contributed by atoms with Crippen molar-refractivity contribution in [3.8, 4) is 11.3 Å². The molecule has 3 heterocycles. The van der Waals surface area contributed by atoms with E-state index in [9.17, 15) is 0 Å². The summed E-state index contributed by atoms with van der Waals surface area (Å²) in [5.74, 6) is 2.70. The van der Waals surface area contributed by atoms with E-state index < -0.39 is 0 Å². The summed E-state index contributed by atoms with van der Waals surface area (Å²) in [6.45, 7) is 4.40. The van der Waals surface area contributed by atoms with Crippen molar-refractivity contribution in [3.05, 3.63) is 29.6 Å². The molecule has 0 amide bonds.